The number of aliphatic hydroxyl groups excluding tert-OH is 1. The number of esters is 2. The molecule has 0 aliphatic heterocycles. The minimum absolute atomic E-state index is 0.0682. The van der Waals surface area contributed by atoms with E-state index in [1.54, 1.807) is 0 Å². The van der Waals surface area contributed by atoms with E-state index in [1.807, 2.05) is 0 Å². The quantitative estimate of drug-likeness (QED) is 0.559. The molecule has 4 aliphatic rings. The zero-order valence-electron chi connectivity index (χ0n) is 15.0. The second-order valence-corrected chi connectivity index (χ2v) is 9.23. The van der Waals surface area contributed by atoms with E-state index in [1.165, 1.54) is 0 Å². The van der Waals surface area contributed by atoms with E-state index < -0.39 is 35.7 Å². The van der Waals surface area contributed by atoms with Gasteiger partial charge in [-0.2, -0.15) is 0 Å². The molecule has 4 bridgehead atoms. The lowest BCUT2D eigenvalue weighted by molar-refractivity contribution is -0.237. The average Bonchev–Trinajstić information content (AvgIpc) is 2.45. The summed E-state index contributed by atoms with van der Waals surface area (Å²) in [7, 11) is 0. The van der Waals surface area contributed by atoms with Gasteiger partial charge in [-0.15, -0.1) is 0 Å². The maximum Gasteiger partial charge on any atom is 0.330 e. The van der Waals surface area contributed by atoms with E-state index in [2.05, 4.69) is 20.4 Å². The summed E-state index contributed by atoms with van der Waals surface area (Å²) in [4.78, 5) is 24.2. The molecule has 0 aromatic carbocycles. The van der Waals surface area contributed by atoms with Crippen LogP contribution in [-0.4, -0.2) is 47.1 Å². The second-order valence-electron chi connectivity index (χ2n) is 9.23. The summed E-state index contributed by atoms with van der Waals surface area (Å²) in [6, 6.07) is 0. The summed E-state index contributed by atoms with van der Waals surface area (Å²) < 4.78 is 10.4. The molecule has 2 N–H and O–H groups in total. The molecular formula is C19H28O6. The van der Waals surface area contributed by atoms with Crippen molar-refractivity contribution in [3.8, 4) is 0 Å². The van der Waals surface area contributed by atoms with E-state index in [0.29, 0.717) is 19.3 Å². The highest BCUT2D eigenvalue weighted by Gasteiger charge is 2.68. The molecule has 4 rings (SSSR count). The molecule has 25 heavy (non-hydrogen) atoms. The van der Waals surface area contributed by atoms with Gasteiger partial charge in [0.25, 0.3) is 0 Å². The third-order valence-electron chi connectivity index (χ3n) is 6.05. The van der Waals surface area contributed by atoms with Crippen molar-refractivity contribution in [3.63, 3.8) is 0 Å². The third kappa shape index (κ3) is 3.34. The van der Waals surface area contributed by atoms with Crippen LogP contribution < -0.4 is 0 Å². The molecule has 3 unspecified atom stereocenters. The Labute approximate surface area is 148 Å². The van der Waals surface area contributed by atoms with Crippen LogP contribution in [-0.2, 0) is 19.1 Å². The maximum absolute atomic E-state index is 13.0. The molecule has 6 heteroatoms. The summed E-state index contributed by atoms with van der Waals surface area (Å²) in [6.45, 7) is 6.96. The predicted octanol–water partition coefficient (Wildman–Crippen LogP) is 1.73. The van der Waals surface area contributed by atoms with Crippen LogP contribution in [0.1, 0.15) is 52.4 Å². The zero-order valence-corrected chi connectivity index (χ0v) is 15.0. The molecule has 0 radical (unpaired) electrons. The fourth-order valence-corrected chi connectivity index (χ4v) is 6.48. The van der Waals surface area contributed by atoms with Crippen molar-refractivity contribution < 1.29 is 29.3 Å². The fourth-order valence-electron chi connectivity index (χ4n) is 6.48. The molecule has 0 aromatic heterocycles. The Morgan fingerprint density at radius 2 is 1.72 bits per heavy atom. The number of carbonyl (C=O) groups excluding carboxylic acids is 2. The van der Waals surface area contributed by atoms with Gasteiger partial charge in [0, 0.05) is 6.08 Å². The van der Waals surface area contributed by atoms with Gasteiger partial charge >= 0.3 is 11.9 Å². The smallest absolute Gasteiger partial charge is 0.330 e. The van der Waals surface area contributed by atoms with Gasteiger partial charge in [0.15, 0.2) is 6.10 Å². The Balaban J connectivity index is 1.75. The molecule has 4 fully saturated rings. The third-order valence-corrected chi connectivity index (χ3v) is 6.05. The van der Waals surface area contributed by atoms with Crippen molar-refractivity contribution in [3.05, 3.63) is 12.7 Å². The molecular weight excluding hydrogens is 324 g/mol. The van der Waals surface area contributed by atoms with Gasteiger partial charge in [0.05, 0.1) is 17.6 Å². The van der Waals surface area contributed by atoms with Crippen LogP contribution in [0.15, 0.2) is 12.7 Å². The summed E-state index contributed by atoms with van der Waals surface area (Å²) in [5.41, 5.74) is -1.67. The summed E-state index contributed by atoms with van der Waals surface area (Å²) >= 11 is 0. The van der Waals surface area contributed by atoms with Gasteiger partial charge in [-0.3, -0.25) is 4.79 Å². The second kappa shape index (κ2) is 5.81. The fraction of sp³-hybridized carbons (Fsp3) is 0.789. The van der Waals surface area contributed by atoms with Crippen LogP contribution >= 0.6 is 0 Å². The highest BCUT2D eigenvalue weighted by molar-refractivity contribution is 5.81. The molecule has 4 aliphatic carbocycles. The van der Waals surface area contributed by atoms with Crippen LogP contribution in [0.5, 0.6) is 0 Å². The average molecular weight is 352 g/mol. The van der Waals surface area contributed by atoms with Gasteiger partial charge in [0.1, 0.15) is 6.61 Å². The SMILES string of the molecule is C=CC(=O)OCC(CO)OC(=O)C12CC3(C)CC(C)(CC(O)(C3)C1)C2. The molecule has 0 amide bonds. The van der Waals surface area contributed by atoms with E-state index in [-0.39, 0.29) is 17.4 Å². The lowest BCUT2D eigenvalue weighted by atomic mass is 9.39. The lowest BCUT2D eigenvalue weighted by Crippen LogP contribution is -2.65. The summed E-state index contributed by atoms with van der Waals surface area (Å²) in [6.07, 6.45) is 4.39. The summed E-state index contributed by atoms with van der Waals surface area (Å²) in [5.74, 6) is -1.02. The predicted molar refractivity (Wildman–Crippen MR) is 89.4 cm³/mol. The first kappa shape index (κ1) is 18.4. The Hall–Kier alpha value is -1.40. The van der Waals surface area contributed by atoms with Gasteiger partial charge in [-0.25, -0.2) is 4.79 Å². The van der Waals surface area contributed by atoms with Crippen LogP contribution in [0.2, 0.25) is 0 Å². The van der Waals surface area contributed by atoms with E-state index in [9.17, 15) is 19.8 Å². The Kier molecular flexibility index (Phi) is 4.27. The molecule has 0 saturated heterocycles. The minimum Gasteiger partial charge on any atom is -0.458 e. The Bertz CT molecular complexity index is 543. The molecule has 0 heterocycles. The van der Waals surface area contributed by atoms with Crippen molar-refractivity contribution >= 4 is 11.9 Å². The van der Waals surface area contributed by atoms with Crippen LogP contribution in [0, 0.1) is 16.2 Å². The number of aliphatic hydroxyl groups is 2. The van der Waals surface area contributed by atoms with Gasteiger partial charge < -0.3 is 19.7 Å². The highest BCUT2D eigenvalue weighted by Crippen LogP contribution is 2.71. The van der Waals surface area contributed by atoms with Gasteiger partial charge in [-0.05, 0) is 49.4 Å². The van der Waals surface area contributed by atoms with E-state index in [4.69, 9.17) is 9.47 Å². The van der Waals surface area contributed by atoms with Crippen molar-refractivity contribution in [2.24, 2.45) is 16.2 Å². The van der Waals surface area contributed by atoms with Crippen molar-refractivity contribution in [1.29, 1.82) is 0 Å². The van der Waals surface area contributed by atoms with Crippen molar-refractivity contribution in [1.82, 2.24) is 0 Å². The molecule has 6 nitrogen and oxygen atoms in total. The first-order valence-corrected chi connectivity index (χ1v) is 8.89. The zero-order chi connectivity index (χ0) is 18.5. The van der Waals surface area contributed by atoms with Crippen LogP contribution in [0.3, 0.4) is 0 Å². The van der Waals surface area contributed by atoms with Crippen molar-refractivity contribution in [2.75, 3.05) is 13.2 Å². The maximum atomic E-state index is 13.0. The first-order valence-electron chi connectivity index (χ1n) is 8.89. The molecule has 0 aromatic rings. The highest BCUT2D eigenvalue weighted by atomic mass is 16.6. The number of hydrogen-bond donors (Lipinski definition) is 2. The molecule has 3 atom stereocenters. The minimum atomic E-state index is -0.903. The molecule has 0 spiro atoms. The van der Waals surface area contributed by atoms with Crippen LogP contribution in [0.25, 0.3) is 0 Å². The van der Waals surface area contributed by atoms with E-state index >= 15 is 0 Å². The lowest BCUT2D eigenvalue weighted by Gasteiger charge is -2.66. The number of rotatable bonds is 6. The number of ether oxygens (including phenoxy) is 2. The van der Waals surface area contributed by atoms with E-state index in [0.717, 1.165) is 25.3 Å². The normalized spacial score (nSPS) is 42.7. The van der Waals surface area contributed by atoms with Crippen molar-refractivity contribution in [2.45, 2.75) is 64.1 Å². The Morgan fingerprint density at radius 3 is 2.20 bits per heavy atom. The first-order chi connectivity index (χ1) is 11.5. The monoisotopic (exact) mass is 352 g/mol. The number of hydrogen-bond acceptors (Lipinski definition) is 6. The Morgan fingerprint density at radius 1 is 1.12 bits per heavy atom. The van der Waals surface area contributed by atoms with Gasteiger partial charge in [0.2, 0.25) is 0 Å². The van der Waals surface area contributed by atoms with Gasteiger partial charge in [-0.1, -0.05) is 20.4 Å². The topological polar surface area (TPSA) is 93.1 Å². The van der Waals surface area contributed by atoms with Crippen LogP contribution in [0.4, 0.5) is 0 Å². The largest absolute Gasteiger partial charge is 0.458 e. The number of carbonyl (C=O) groups is 2. The standard InChI is InChI=1S/C19H28O6/c1-4-14(21)24-6-13(5-20)25-15(22)18-8-16(2)7-17(3,9-18)11-19(23,10-16)12-18/h4,13,20,23H,1,5-12H2,2-3H3. The molecule has 4 saturated carbocycles. The molecule has 140 valence electrons. The summed E-state index contributed by atoms with van der Waals surface area (Å²) in [5, 5.41) is 20.5.